The molecule has 2 heterocycles. The number of aliphatic hydroxyl groups excluding tert-OH is 1. The van der Waals surface area contributed by atoms with Crippen LogP contribution < -0.4 is 9.47 Å². The molecular weight excluding hydrogens is 396 g/mol. The summed E-state index contributed by atoms with van der Waals surface area (Å²) in [6.45, 7) is 2.11. The van der Waals surface area contributed by atoms with E-state index in [-0.39, 0.29) is 25.3 Å². The van der Waals surface area contributed by atoms with Gasteiger partial charge in [-0.15, -0.1) is 0 Å². The second-order valence-electron chi connectivity index (χ2n) is 6.95. The van der Waals surface area contributed by atoms with E-state index in [1.165, 1.54) is 7.11 Å². The lowest BCUT2D eigenvalue weighted by Crippen LogP contribution is -2.38. The molecule has 0 radical (unpaired) electrons. The van der Waals surface area contributed by atoms with Gasteiger partial charge in [-0.25, -0.2) is 0 Å². The molecule has 0 aromatic heterocycles. The molecular formula is C21H21ClN2O5. The predicted octanol–water partition coefficient (Wildman–Crippen LogP) is 3.25. The van der Waals surface area contributed by atoms with E-state index in [2.05, 4.69) is 5.16 Å². The van der Waals surface area contributed by atoms with Crippen LogP contribution in [-0.2, 0) is 4.84 Å². The van der Waals surface area contributed by atoms with Crippen LogP contribution in [0.15, 0.2) is 35.5 Å². The first-order valence-electron chi connectivity index (χ1n) is 9.24. The van der Waals surface area contributed by atoms with Crippen molar-refractivity contribution in [1.29, 1.82) is 0 Å². The normalized spacial score (nSPS) is 19.1. The molecule has 2 aromatic rings. The van der Waals surface area contributed by atoms with Crippen molar-refractivity contribution in [1.82, 2.24) is 4.90 Å². The zero-order chi connectivity index (χ0) is 20.5. The van der Waals surface area contributed by atoms with E-state index in [4.69, 9.17) is 25.9 Å². The van der Waals surface area contributed by atoms with Crippen molar-refractivity contribution in [2.75, 3.05) is 27.1 Å². The van der Waals surface area contributed by atoms with Crippen molar-refractivity contribution >= 4 is 23.2 Å². The van der Waals surface area contributed by atoms with Gasteiger partial charge in [0.2, 0.25) is 6.79 Å². The molecule has 0 aliphatic carbocycles. The summed E-state index contributed by atoms with van der Waals surface area (Å²) in [4.78, 5) is 19.7. The molecule has 2 aliphatic rings. The highest BCUT2D eigenvalue weighted by atomic mass is 35.5. The lowest BCUT2D eigenvalue weighted by molar-refractivity contribution is 0.0675. The van der Waals surface area contributed by atoms with Gasteiger partial charge in [-0.1, -0.05) is 28.9 Å². The lowest BCUT2D eigenvalue weighted by atomic mass is 9.97. The van der Waals surface area contributed by atoms with Gasteiger partial charge in [-0.05, 0) is 36.2 Å². The summed E-state index contributed by atoms with van der Waals surface area (Å²) in [6, 6.07) is 8.87. The van der Waals surface area contributed by atoms with Crippen LogP contribution in [0.2, 0.25) is 5.02 Å². The summed E-state index contributed by atoms with van der Waals surface area (Å²) in [7, 11) is 1.46. The first-order chi connectivity index (χ1) is 14.0. The predicted molar refractivity (Wildman–Crippen MR) is 109 cm³/mol. The van der Waals surface area contributed by atoms with Crippen molar-refractivity contribution in [2.45, 2.75) is 19.4 Å². The maximum atomic E-state index is 13.3. The van der Waals surface area contributed by atoms with Crippen LogP contribution in [-0.4, -0.2) is 54.7 Å². The van der Waals surface area contributed by atoms with Gasteiger partial charge in [0.05, 0.1) is 30.5 Å². The highest BCUT2D eigenvalue weighted by molar-refractivity contribution is 6.31. The van der Waals surface area contributed by atoms with E-state index in [0.29, 0.717) is 40.8 Å². The van der Waals surface area contributed by atoms with Crippen LogP contribution in [0.5, 0.6) is 11.5 Å². The van der Waals surface area contributed by atoms with Gasteiger partial charge in [0.1, 0.15) is 7.11 Å². The average Bonchev–Trinajstić information content (AvgIpc) is 3.36. The van der Waals surface area contributed by atoms with E-state index < -0.39 is 0 Å². The van der Waals surface area contributed by atoms with Crippen LogP contribution in [0.3, 0.4) is 0 Å². The number of carbonyl (C=O) groups excluding carboxylic acids is 1. The first-order valence-corrected chi connectivity index (χ1v) is 9.61. The van der Waals surface area contributed by atoms with Crippen molar-refractivity contribution in [3.63, 3.8) is 0 Å². The van der Waals surface area contributed by atoms with E-state index in [9.17, 15) is 9.90 Å². The molecule has 2 aliphatic heterocycles. The highest BCUT2D eigenvalue weighted by Crippen LogP contribution is 2.45. The smallest absolute Gasteiger partial charge is 0.258 e. The van der Waals surface area contributed by atoms with E-state index in [1.54, 1.807) is 11.0 Å². The molecule has 29 heavy (non-hydrogen) atoms. The summed E-state index contributed by atoms with van der Waals surface area (Å²) in [6.07, 6.45) is 0.468. The molecule has 7 nitrogen and oxygen atoms in total. The highest BCUT2D eigenvalue weighted by Gasteiger charge is 2.36. The quantitative estimate of drug-likeness (QED) is 0.774. The summed E-state index contributed by atoms with van der Waals surface area (Å²) in [5.41, 5.74) is 3.75. The molecule has 1 atom stereocenters. The first kappa shape index (κ1) is 19.5. The molecule has 0 saturated carbocycles. The summed E-state index contributed by atoms with van der Waals surface area (Å²) < 4.78 is 11.4. The number of hydrogen-bond acceptors (Lipinski definition) is 6. The van der Waals surface area contributed by atoms with Gasteiger partial charge in [0.25, 0.3) is 5.91 Å². The zero-order valence-electron chi connectivity index (χ0n) is 16.1. The fourth-order valence-electron chi connectivity index (χ4n) is 3.80. The Kier molecular flexibility index (Phi) is 5.34. The van der Waals surface area contributed by atoms with Gasteiger partial charge in [-0.2, -0.15) is 0 Å². The Balaban J connectivity index is 1.73. The van der Waals surface area contributed by atoms with Crippen molar-refractivity contribution in [3.8, 4) is 22.6 Å². The average molecular weight is 417 g/mol. The molecule has 1 amide bonds. The van der Waals surface area contributed by atoms with E-state index in [1.807, 2.05) is 31.2 Å². The van der Waals surface area contributed by atoms with Gasteiger partial charge < -0.3 is 24.3 Å². The Hall–Kier alpha value is -2.77. The molecule has 4 rings (SSSR count). The van der Waals surface area contributed by atoms with Crippen molar-refractivity contribution < 1.29 is 24.2 Å². The Morgan fingerprint density at radius 2 is 2.07 bits per heavy atom. The van der Waals surface area contributed by atoms with E-state index >= 15 is 0 Å². The SMILES string of the molecule is CO/N=C1\C[C@@H](CO)N(C(=O)c2ccc(-c3cccc(Cl)c3C)c3c2OCO3)C1. The second kappa shape index (κ2) is 7.93. The number of amides is 1. The van der Waals surface area contributed by atoms with Crippen LogP contribution in [0.4, 0.5) is 0 Å². The molecule has 152 valence electrons. The third-order valence-corrected chi connectivity index (χ3v) is 5.67. The maximum Gasteiger partial charge on any atom is 0.258 e. The number of hydrogen-bond donors (Lipinski definition) is 1. The zero-order valence-corrected chi connectivity index (χ0v) is 16.9. The van der Waals surface area contributed by atoms with Crippen LogP contribution in [0, 0.1) is 6.92 Å². The van der Waals surface area contributed by atoms with Gasteiger partial charge >= 0.3 is 0 Å². The molecule has 0 bridgehead atoms. The minimum atomic E-state index is -0.357. The number of oxime groups is 1. The summed E-state index contributed by atoms with van der Waals surface area (Å²) in [5.74, 6) is 0.675. The number of rotatable bonds is 4. The Morgan fingerprint density at radius 3 is 2.83 bits per heavy atom. The minimum absolute atomic E-state index is 0.0338. The number of nitrogens with zero attached hydrogens (tertiary/aromatic N) is 2. The minimum Gasteiger partial charge on any atom is -0.453 e. The monoisotopic (exact) mass is 416 g/mol. The number of carbonyl (C=O) groups is 1. The molecule has 1 N–H and O–H groups in total. The topological polar surface area (TPSA) is 80.6 Å². The Bertz CT molecular complexity index is 991. The Morgan fingerprint density at radius 1 is 1.28 bits per heavy atom. The molecule has 0 spiro atoms. The number of benzene rings is 2. The molecule has 1 saturated heterocycles. The van der Waals surface area contributed by atoms with Crippen LogP contribution in [0.1, 0.15) is 22.3 Å². The summed E-state index contributed by atoms with van der Waals surface area (Å²) in [5, 5.41) is 14.3. The third kappa shape index (κ3) is 3.41. The molecule has 0 unspecified atom stereocenters. The molecule has 8 heteroatoms. The number of halogens is 1. The van der Waals surface area contributed by atoms with Crippen LogP contribution in [0.25, 0.3) is 11.1 Å². The van der Waals surface area contributed by atoms with Gasteiger partial charge in [-0.3, -0.25) is 4.79 Å². The molecule has 1 fully saturated rings. The number of fused-ring (bicyclic) bond motifs is 1. The second-order valence-corrected chi connectivity index (χ2v) is 7.36. The van der Waals surface area contributed by atoms with Crippen molar-refractivity contribution in [3.05, 3.63) is 46.5 Å². The van der Waals surface area contributed by atoms with Gasteiger partial charge in [0.15, 0.2) is 11.5 Å². The van der Waals surface area contributed by atoms with Crippen molar-refractivity contribution in [2.24, 2.45) is 5.16 Å². The maximum absolute atomic E-state index is 13.3. The van der Waals surface area contributed by atoms with E-state index in [0.717, 1.165) is 16.7 Å². The summed E-state index contributed by atoms with van der Waals surface area (Å²) >= 11 is 6.28. The van der Waals surface area contributed by atoms with Crippen LogP contribution >= 0.6 is 11.6 Å². The fourth-order valence-corrected chi connectivity index (χ4v) is 3.97. The third-order valence-electron chi connectivity index (χ3n) is 5.26. The Labute approximate surface area is 173 Å². The van der Waals surface area contributed by atoms with Gasteiger partial charge in [0, 0.05) is 17.0 Å². The fraction of sp³-hybridized carbons (Fsp3) is 0.333. The standard InChI is InChI=1S/C21H21ClN2O5/c1-12-15(4-3-5-18(12)22)16-6-7-17(20-19(16)28-11-29-20)21(26)24-9-13(23-27-2)8-14(24)10-25/h3-7,14,25H,8-11H2,1-2H3/b23-13+/t14-/m0/s1. The number of likely N-dealkylation sites (tertiary alicyclic amines) is 1. The largest absolute Gasteiger partial charge is 0.453 e. The molecule has 2 aromatic carbocycles. The number of aliphatic hydroxyl groups is 1. The lowest BCUT2D eigenvalue weighted by Gasteiger charge is -2.23. The number of ether oxygens (including phenoxy) is 2.